The molecule has 122 valence electrons. The Kier molecular flexibility index (Phi) is 3.53. The standard InChI is InChI=1S/C20H19NO3/c1-24-12-9-10-18-17(11-12)13-7-4-8-14(13)19(21-18)15-5-2-3-6-16(15)20(22)23/h2-7,9-11,13-14,19,21H,8H2,1H3,(H,22,23)/t13-,14-,19+/m1/s1. The van der Waals surface area contributed by atoms with Crippen LogP contribution in [0.5, 0.6) is 5.75 Å². The molecule has 1 heterocycles. The summed E-state index contributed by atoms with van der Waals surface area (Å²) in [4.78, 5) is 11.6. The van der Waals surface area contributed by atoms with Gasteiger partial charge in [0.1, 0.15) is 5.75 Å². The minimum Gasteiger partial charge on any atom is -0.497 e. The molecule has 2 aromatic carbocycles. The molecule has 0 unspecified atom stereocenters. The Morgan fingerprint density at radius 3 is 2.83 bits per heavy atom. The summed E-state index contributed by atoms with van der Waals surface area (Å²) in [5.41, 5.74) is 3.49. The van der Waals surface area contributed by atoms with Gasteiger partial charge in [-0.05, 0) is 47.7 Å². The molecule has 2 N–H and O–H groups in total. The van der Waals surface area contributed by atoms with Crippen LogP contribution in [0.4, 0.5) is 5.69 Å². The van der Waals surface area contributed by atoms with Gasteiger partial charge < -0.3 is 15.2 Å². The first kappa shape index (κ1) is 14.8. The fourth-order valence-corrected chi connectivity index (χ4v) is 3.97. The van der Waals surface area contributed by atoms with E-state index in [4.69, 9.17) is 4.74 Å². The first-order valence-corrected chi connectivity index (χ1v) is 8.12. The average Bonchev–Trinajstić information content (AvgIpc) is 3.10. The van der Waals surface area contributed by atoms with Crippen LogP contribution in [0.1, 0.15) is 39.9 Å². The lowest BCUT2D eigenvalue weighted by Gasteiger charge is -2.38. The third-order valence-electron chi connectivity index (χ3n) is 5.10. The average molecular weight is 321 g/mol. The van der Waals surface area contributed by atoms with E-state index in [1.54, 1.807) is 19.2 Å². The third kappa shape index (κ3) is 2.26. The van der Waals surface area contributed by atoms with Gasteiger partial charge in [0.2, 0.25) is 0 Å². The van der Waals surface area contributed by atoms with E-state index in [2.05, 4.69) is 23.5 Å². The van der Waals surface area contributed by atoms with E-state index in [0.717, 1.165) is 23.4 Å². The second-order valence-electron chi connectivity index (χ2n) is 6.32. The molecule has 2 aliphatic rings. The zero-order valence-corrected chi connectivity index (χ0v) is 13.4. The number of nitrogens with one attached hydrogen (secondary N) is 1. The van der Waals surface area contributed by atoms with E-state index < -0.39 is 5.97 Å². The lowest BCUT2D eigenvalue weighted by molar-refractivity contribution is 0.0694. The number of aromatic carboxylic acids is 1. The Morgan fingerprint density at radius 1 is 1.21 bits per heavy atom. The Labute approximate surface area is 140 Å². The van der Waals surface area contributed by atoms with Crippen molar-refractivity contribution in [2.24, 2.45) is 5.92 Å². The maximum absolute atomic E-state index is 11.6. The second kappa shape index (κ2) is 5.71. The smallest absolute Gasteiger partial charge is 0.336 e. The summed E-state index contributed by atoms with van der Waals surface area (Å²) in [5, 5.41) is 13.1. The number of rotatable bonds is 3. The van der Waals surface area contributed by atoms with Gasteiger partial charge in [-0.2, -0.15) is 0 Å². The fourth-order valence-electron chi connectivity index (χ4n) is 3.97. The molecule has 0 aromatic heterocycles. The molecule has 0 saturated carbocycles. The number of hydrogen-bond donors (Lipinski definition) is 2. The van der Waals surface area contributed by atoms with Crippen LogP contribution in [0, 0.1) is 5.92 Å². The van der Waals surface area contributed by atoms with Crippen LogP contribution in [0.15, 0.2) is 54.6 Å². The summed E-state index contributed by atoms with van der Waals surface area (Å²) in [6.45, 7) is 0. The Hall–Kier alpha value is -2.75. The second-order valence-corrected chi connectivity index (χ2v) is 6.32. The van der Waals surface area contributed by atoms with Gasteiger partial charge in [0.05, 0.1) is 18.7 Å². The molecule has 4 heteroatoms. The monoisotopic (exact) mass is 321 g/mol. The predicted molar refractivity (Wildman–Crippen MR) is 92.7 cm³/mol. The van der Waals surface area contributed by atoms with Crippen LogP contribution < -0.4 is 10.1 Å². The van der Waals surface area contributed by atoms with Gasteiger partial charge in [-0.15, -0.1) is 0 Å². The third-order valence-corrected chi connectivity index (χ3v) is 5.10. The molecule has 0 amide bonds. The summed E-state index contributed by atoms with van der Waals surface area (Å²) in [6.07, 6.45) is 5.37. The lowest BCUT2D eigenvalue weighted by atomic mass is 9.76. The van der Waals surface area contributed by atoms with Gasteiger partial charge in [-0.1, -0.05) is 30.4 Å². The van der Waals surface area contributed by atoms with E-state index in [-0.39, 0.29) is 12.0 Å². The van der Waals surface area contributed by atoms with Crippen molar-refractivity contribution in [1.29, 1.82) is 0 Å². The van der Waals surface area contributed by atoms with E-state index in [1.807, 2.05) is 24.3 Å². The molecular formula is C20H19NO3. The van der Waals surface area contributed by atoms with Gasteiger partial charge in [0, 0.05) is 11.6 Å². The van der Waals surface area contributed by atoms with Crippen LogP contribution >= 0.6 is 0 Å². The molecule has 2 aromatic rings. The summed E-state index contributed by atoms with van der Waals surface area (Å²) in [5.74, 6) is 0.558. The van der Waals surface area contributed by atoms with Crippen molar-refractivity contribution < 1.29 is 14.6 Å². The first-order valence-electron chi connectivity index (χ1n) is 8.12. The molecule has 0 radical (unpaired) electrons. The predicted octanol–water partition coefficient (Wildman–Crippen LogP) is 4.22. The number of carbonyl (C=O) groups is 1. The molecule has 0 saturated heterocycles. The number of benzene rings is 2. The summed E-state index contributed by atoms with van der Waals surface area (Å²) in [7, 11) is 1.67. The van der Waals surface area contributed by atoms with Crippen LogP contribution in [0.25, 0.3) is 0 Å². The largest absolute Gasteiger partial charge is 0.497 e. The molecule has 4 nitrogen and oxygen atoms in total. The number of carboxylic acids is 1. The molecule has 4 rings (SSSR count). The molecule has 3 atom stereocenters. The highest BCUT2D eigenvalue weighted by Gasteiger charge is 2.39. The highest BCUT2D eigenvalue weighted by Crippen LogP contribution is 2.50. The maximum atomic E-state index is 11.6. The molecule has 0 spiro atoms. The minimum atomic E-state index is -0.879. The van der Waals surface area contributed by atoms with Crippen molar-refractivity contribution in [2.75, 3.05) is 12.4 Å². The molecule has 1 aliphatic carbocycles. The van der Waals surface area contributed by atoms with Gasteiger partial charge in [-0.3, -0.25) is 0 Å². The van der Waals surface area contributed by atoms with Crippen LogP contribution in [0.2, 0.25) is 0 Å². The van der Waals surface area contributed by atoms with Crippen LogP contribution in [-0.4, -0.2) is 18.2 Å². The van der Waals surface area contributed by atoms with Crippen molar-refractivity contribution in [1.82, 2.24) is 0 Å². The van der Waals surface area contributed by atoms with Crippen molar-refractivity contribution in [2.45, 2.75) is 18.4 Å². The maximum Gasteiger partial charge on any atom is 0.336 e. The van der Waals surface area contributed by atoms with Crippen LogP contribution in [-0.2, 0) is 0 Å². The molecule has 0 bridgehead atoms. The van der Waals surface area contributed by atoms with E-state index in [0.29, 0.717) is 11.5 Å². The SMILES string of the molecule is COc1ccc2c(c1)[C@@H]1C=CC[C@H]1[C@@H](c1ccccc1C(=O)O)N2. The minimum absolute atomic E-state index is 0.0156. The summed E-state index contributed by atoms with van der Waals surface area (Å²) >= 11 is 0. The number of hydrogen-bond acceptors (Lipinski definition) is 3. The quantitative estimate of drug-likeness (QED) is 0.831. The number of ether oxygens (including phenoxy) is 1. The highest BCUT2D eigenvalue weighted by atomic mass is 16.5. The normalized spacial score (nSPS) is 24.0. The van der Waals surface area contributed by atoms with Gasteiger partial charge in [0.15, 0.2) is 0 Å². The van der Waals surface area contributed by atoms with E-state index in [9.17, 15) is 9.90 Å². The van der Waals surface area contributed by atoms with Gasteiger partial charge >= 0.3 is 5.97 Å². The first-order chi connectivity index (χ1) is 11.7. The topological polar surface area (TPSA) is 58.6 Å². The Morgan fingerprint density at radius 2 is 2.04 bits per heavy atom. The number of allylic oxidation sites excluding steroid dienone is 2. The molecule has 0 fully saturated rings. The summed E-state index contributed by atoms with van der Waals surface area (Å²) in [6, 6.07) is 13.3. The fraction of sp³-hybridized carbons (Fsp3) is 0.250. The zero-order chi connectivity index (χ0) is 16.7. The van der Waals surface area contributed by atoms with Gasteiger partial charge in [-0.25, -0.2) is 4.79 Å². The van der Waals surface area contributed by atoms with Crippen molar-refractivity contribution in [3.63, 3.8) is 0 Å². The van der Waals surface area contributed by atoms with Crippen molar-refractivity contribution in [3.05, 3.63) is 71.3 Å². The van der Waals surface area contributed by atoms with E-state index >= 15 is 0 Å². The molecule has 1 aliphatic heterocycles. The Bertz CT molecular complexity index is 827. The molecule has 24 heavy (non-hydrogen) atoms. The molecular weight excluding hydrogens is 302 g/mol. The highest BCUT2D eigenvalue weighted by molar-refractivity contribution is 5.89. The summed E-state index contributed by atoms with van der Waals surface area (Å²) < 4.78 is 5.36. The van der Waals surface area contributed by atoms with E-state index in [1.165, 1.54) is 5.56 Å². The zero-order valence-electron chi connectivity index (χ0n) is 13.4. The number of carboxylic acid groups (broad SMARTS) is 1. The number of methoxy groups -OCH3 is 1. The Balaban J connectivity index is 1.81. The lowest BCUT2D eigenvalue weighted by Crippen LogP contribution is -2.30. The number of anilines is 1. The van der Waals surface area contributed by atoms with Crippen molar-refractivity contribution >= 4 is 11.7 Å². The van der Waals surface area contributed by atoms with Crippen LogP contribution in [0.3, 0.4) is 0 Å². The van der Waals surface area contributed by atoms with Gasteiger partial charge in [0.25, 0.3) is 0 Å². The number of fused-ring (bicyclic) bond motifs is 3. The van der Waals surface area contributed by atoms with Crippen molar-refractivity contribution in [3.8, 4) is 5.75 Å².